The Morgan fingerprint density at radius 2 is 1.83 bits per heavy atom. The lowest BCUT2D eigenvalue weighted by Gasteiger charge is -2.30. The second-order valence-electron chi connectivity index (χ2n) is 6.29. The maximum absolute atomic E-state index is 12.8. The summed E-state index contributed by atoms with van der Waals surface area (Å²) in [7, 11) is -3.50. The minimum atomic E-state index is -3.50. The lowest BCUT2D eigenvalue weighted by molar-refractivity contribution is 0.184. The Labute approximate surface area is 142 Å². The summed E-state index contributed by atoms with van der Waals surface area (Å²) >= 11 is 0. The highest BCUT2D eigenvalue weighted by atomic mass is 32.2. The number of likely N-dealkylation sites (tertiary alicyclic amines) is 1. The van der Waals surface area contributed by atoms with Crippen LogP contribution in [-0.2, 0) is 16.3 Å². The largest absolute Gasteiger partial charge is 0.360 e. The van der Waals surface area contributed by atoms with Crippen molar-refractivity contribution in [3.63, 3.8) is 0 Å². The zero-order chi connectivity index (χ0) is 16.6. The number of aromatic nitrogens is 1. The number of benzene rings is 2. The predicted octanol–water partition coefficient (Wildman–Crippen LogP) is 3.25. The van der Waals surface area contributed by atoms with E-state index < -0.39 is 9.84 Å². The summed E-state index contributed by atoms with van der Waals surface area (Å²) in [5, 5.41) is 0.756. The Morgan fingerprint density at radius 3 is 2.54 bits per heavy atom. The standard InChI is InChI=1S/C19H20N2O2S/c22-24(23,16-5-2-1-3-6-16)19-14-20-18-13-15(7-8-17(18)19)9-12-21-10-4-11-21/h1-3,5-8,13-14,20H,4,9-12H2. The number of aromatic amines is 1. The Bertz CT molecular complexity index is 957. The van der Waals surface area contributed by atoms with Gasteiger partial charge in [0.05, 0.1) is 9.79 Å². The van der Waals surface area contributed by atoms with Crippen LogP contribution in [0.3, 0.4) is 0 Å². The normalized spacial score (nSPS) is 15.5. The molecule has 5 heteroatoms. The van der Waals surface area contributed by atoms with Gasteiger partial charge in [-0.05, 0) is 49.7 Å². The zero-order valence-electron chi connectivity index (χ0n) is 13.4. The van der Waals surface area contributed by atoms with E-state index in [9.17, 15) is 8.42 Å². The molecule has 1 N–H and O–H groups in total. The van der Waals surface area contributed by atoms with Crippen molar-refractivity contribution >= 4 is 20.7 Å². The summed E-state index contributed by atoms with van der Waals surface area (Å²) in [5.41, 5.74) is 2.12. The predicted molar refractivity (Wildman–Crippen MR) is 95.0 cm³/mol. The van der Waals surface area contributed by atoms with Gasteiger partial charge in [0.15, 0.2) is 0 Å². The highest BCUT2D eigenvalue weighted by Gasteiger charge is 2.21. The van der Waals surface area contributed by atoms with Gasteiger partial charge < -0.3 is 9.88 Å². The molecule has 1 fully saturated rings. The molecule has 3 aromatic rings. The van der Waals surface area contributed by atoms with Gasteiger partial charge in [0.1, 0.15) is 0 Å². The van der Waals surface area contributed by atoms with Crippen molar-refractivity contribution in [2.24, 2.45) is 0 Å². The Kier molecular flexibility index (Phi) is 3.90. The molecule has 0 bridgehead atoms. The first-order valence-electron chi connectivity index (χ1n) is 8.27. The first kappa shape index (κ1) is 15.4. The Hall–Kier alpha value is -2.11. The number of sulfone groups is 1. The van der Waals surface area contributed by atoms with E-state index in [2.05, 4.69) is 16.0 Å². The Balaban J connectivity index is 1.65. The van der Waals surface area contributed by atoms with Crippen molar-refractivity contribution in [1.82, 2.24) is 9.88 Å². The fraction of sp³-hybridized carbons (Fsp3) is 0.263. The quantitative estimate of drug-likeness (QED) is 0.776. The number of rotatable bonds is 5. The van der Waals surface area contributed by atoms with Crippen LogP contribution in [0.1, 0.15) is 12.0 Å². The molecule has 1 aliphatic heterocycles. The summed E-state index contributed by atoms with van der Waals surface area (Å²) in [5.74, 6) is 0. The highest BCUT2D eigenvalue weighted by Crippen LogP contribution is 2.29. The van der Waals surface area contributed by atoms with Crippen molar-refractivity contribution < 1.29 is 8.42 Å². The van der Waals surface area contributed by atoms with Gasteiger partial charge >= 0.3 is 0 Å². The molecule has 0 aliphatic carbocycles. The first-order chi connectivity index (χ1) is 11.6. The molecule has 1 aromatic heterocycles. The molecule has 0 radical (unpaired) electrons. The fourth-order valence-electron chi connectivity index (χ4n) is 3.14. The number of nitrogens with one attached hydrogen (secondary N) is 1. The third kappa shape index (κ3) is 2.74. The van der Waals surface area contributed by atoms with Gasteiger partial charge in [0, 0.05) is 23.6 Å². The fourth-order valence-corrected chi connectivity index (χ4v) is 4.59. The lowest BCUT2D eigenvalue weighted by atomic mass is 10.1. The second-order valence-corrected chi connectivity index (χ2v) is 8.21. The van der Waals surface area contributed by atoms with Crippen LogP contribution in [0, 0.1) is 0 Å². The van der Waals surface area contributed by atoms with E-state index in [-0.39, 0.29) is 0 Å². The molecule has 4 nitrogen and oxygen atoms in total. The SMILES string of the molecule is O=S(=O)(c1ccccc1)c1c[nH]c2cc(CCN3CCC3)ccc12. The van der Waals surface area contributed by atoms with E-state index in [0.717, 1.165) is 23.9 Å². The van der Waals surface area contributed by atoms with Crippen molar-refractivity contribution in [2.45, 2.75) is 22.6 Å². The molecule has 0 spiro atoms. The molecule has 1 saturated heterocycles. The van der Waals surface area contributed by atoms with Gasteiger partial charge in [-0.3, -0.25) is 0 Å². The van der Waals surface area contributed by atoms with Gasteiger partial charge in [-0.15, -0.1) is 0 Å². The molecule has 0 atom stereocenters. The van der Waals surface area contributed by atoms with Crippen LogP contribution in [0.15, 0.2) is 64.5 Å². The van der Waals surface area contributed by atoms with Crippen LogP contribution in [0.4, 0.5) is 0 Å². The molecule has 0 amide bonds. The van der Waals surface area contributed by atoms with E-state index in [4.69, 9.17) is 0 Å². The van der Waals surface area contributed by atoms with Crippen LogP contribution in [0.25, 0.3) is 10.9 Å². The monoisotopic (exact) mass is 340 g/mol. The van der Waals surface area contributed by atoms with Crippen LogP contribution >= 0.6 is 0 Å². The summed E-state index contributed by atoms with van der Waals surface area (Å²) in [6.45, 7) is 3.47. The smallest absolute Gasteiger partial charge is 0.208 e. The number of nitrogens with zero attached hydrogens (tertiary/aromatic N) is 1. The lowest BCUT2D eigenvalue weighted by Crippen LogP contribution is -2.38. The molecule has 4 rings (SSSR count). The van der Waals surface area contributed by atoms with E-state index in [1.807, 2.05) is 18.2 Å². The summed E-state index contributed by atoms with van der Waals surface area (Å²) in [4.78, 5) is 6.23. The van der Waals surface area contributed by atoms with Crippen LogP contribution in [0.2, 0.25) is 0 Å². The first-order valence-corrected chi connectivity index (χ1v) is 9.75. The number of H-pyrrole nitrogens is 1. The van der Waals surface area contributed by atoms with Gasteiger partial charge in [0.25, 0.3) is 0 Å². The molecule has 2 aromatic carbocycles. The minimum Gasteiger partial charge on any atom is -0.360 e. The number of hydrogen-bond acceptors (Lipinski definition) is 3. The van der Waals surface area contributed by atoms with Gasteiger partial charge in [0.2, 0.25) is 9.84 Å². The number of fused-ring (bicyclic) bond motifs is 1. The third-order valence-corrected chi connectivity index (χ3v) is 6.53. The molecule has 24 heavy (non-hydrogen) atoms. The molecular weight excluding hydrogens is 320 g/mol. The molecule has 2 heterocycles. The number of hydrogen-bond donors (Lipinski definition) is 1. The van der Waals surface area contributed by atoms with Crippen LogP contribution in [0.5, 0.6) is 0 Å². The Morgan fingerprint density at radius 1 is 1.04 bits per heavy atom. The van der Waals surface area contributed by atoms with Gasteiger partial charge in [-0.1, -0.05) is 30.3 Å². The van der Waals surface area contributed by atoms with E-state index in [0.29, 0.717) is 9.79 Å². The summed E-state index contributed by atoms with van der Waals surface area (Å²) in [6.07, 6.45) is 3.90. The zero-order valence-corrected chi connectivity index (χ0v) is 14.2. The molecular formula is C19H20N2O2S. The topological polar surface area (TPSA) is 53.2 Å². The molecule has 0 saturated carbocycles. The minimum absolute atomic E-state index is 0.327. The van der Waals surface area contributed by atoms with Crippen molar-refractivity contribution in [3.05, 3.63) is 60.3 Å². The van der Waals surface area contributed by atoms with E-state index >= 15 is 0 Å². The maximum Gasteiger partial charge on any atom is 0.208 e. The van der Waals surface area contributed by atoms with Crippen LogP contribution < -0.4 is 0 Å². The van der Waals surface area contributed by atoms with Crippen molar-refractivity contribution in [2.75, 3.05) is 19.6 Å². The van der Waals surface area contributed by atoms with Crippen molar-refractivity contribution in [3.8, 4) is 0 Å². The van der Waals surface area contributed by atoms with E-state index in [1.165, 1.54) is 25.1 Å². The molecule has 1 aliphatic rings. The van der Waals surface area contributed by atoms with Crippen LogP contribution in [-0.4, -0.2) is 37.9 Å². The third-order valence-electron chi connectivity index (χ3n) is 4.72. The average molecular weight is 340 g/mol. The van der Waals surface area contributed by atoms with Gasteiger partial charge in [-0.25, -0.2) is 8.42 Å². The van der Waals surface area contributed by atoms with Crippen molar-refractivity contribution in [1.29, 1.82) is 0 Å². The average Bonchev–Trinajstić information content (AvgIpc) is 2.98. The van der Waals surface area contributed by atoms with Gasteiger partial charge in [-0.2, -0.15) is 0 Å². The molecule has 124 valence electrons. The summed E-state index contributed by atoms with van der Waals surface area (Å²) < 4.78 is 25.7. The van der Waals surface area contributed by atoms with E-state index in [1.54, 1.807) is 30.5 Å². The second kappa shape index (κ2) is 6.07. The molecule has 0 unspecified atom stereocenters. The highest BCUT2D eigenvalue weighted by molar-refractivity contribution is 7.91. The summed E-state index contributed by atoms with van der Waals surface area (Å²) in [6, 6.07) is 14.6. The maximum atomic E-state index is 12.8.